The van der Waals surface area contributed by atoms with Gasteiger partial charge >= 0.3 is 5.97 Å². The van der Waals surface area contributed by atoms with Crippen LogP contribution in [-0.2, 0) is 14.8 Å². The Morgan fingerprint density at radius 1 is 1.53 bits per heavy atom. The molecule has 8 heteroatoms. The van der Waals surface area contributed by atoms with Crippen LogP contribution in [0.25, 0.3) is 0 Å². The third-order valence-corrected chi connectivity index (χ3v) is 3.49. The number of nitrogens with one attached hydrogen (secondary N) is 1. The van der Waals surface area contributed by atoms with Gasteiger partial charge in [0.1, 0.15) is 0 Å². The second-order valence-electron chi connectivity index (χ2n) is 3.06. The Hall–Kier alpha value is -1.59. The maximum absolute atomic E-state index is 11.3. The van der Waals surface area contributed by atoms with Crippen molar-refractivity contribution in [3.8, 4) is 6.07 Å². The number of rotatable bonds is 4. The summed E-state index contributed by atoms with van der Waals surface area (Å²) in [7, 11) is -3.94. The van der Waals surface area contributed by atoms with Crippen LogP contribution in [0.4, 0.5) is 5.69 Å². The van der Waals surface area contributed by atoms with E-state index in [1.807, 2.05) is 6.07 Å². The topological polar surface area (TPSA) is 107 Å². The molecule has 0 aliphatic carbocycles. The van der Waals surface area contributed by atoms with Crippen molar-refractivity contribution in [2.75, 3.05) is 10.5 Å². The molecule has 1 aromatic rings. The van der Waals surface area contributed by atoms with Crippen molar-refractivity contribution in [1.29, 1.82) is 5.26 Å². The van der Waals surface area contributed by atoms with Crippen molar-refractivity contribution in [3.05, 3.63) is 28.2 Å². The first-order chi connectivity index (χ1) is 7.84. The Bertz CT molecular complexity index is 592. The van der Waals surface area contributed by atoms with E-state index in [2.05, 4.69) is 20.7 Å². The molecule has 0 saturated heterocycles. The first-order valence-electron chi connectivity index (χ1n) is 4.26. The first-order valence-corrected chi connectivity index (χ1v) is 6.70. The number of benzene rings is 1. The number of halogens is 1. The number of hydrogen-bond acceptors (Lipinski definition) is 4. The standard InChI is InChI=1S/C9H7BrN2O4S/c10-7-3-6(4-11)1-2-8(7)12-17(15,16)5-9(13)14/h1-3,12H,5H2,(H,13,14). The van der Waals surface area contributed by atoms with Crippen molar-refractivity contribution in [2.24, 2.45) is 0 Å². The quantitative estimate of drug-likeness (QED) is 0.865. The summed E-state index contributed by atoms with van der Waals surface area (Å²) in [4.78, 5) is 10.3. The van der Waals surface area contributed by atoms with E-state index in [9.17, 15) is 13.2 Å². The lowest BCUT2D eigenvalue weighted by molar-refractivity contribution is -0.134. The second-order valence-corrected chi connectivity index (χ2v) is 5.64. The molecule has 0 unspecified atom stereocenters. The zero-order valence-corrected chi connectivity index (χ0v) is 10.7. The molecule has 17 heavy (non-hydrogen) atoms. The van der Waals surface area contributed by atoms with Gasteiger partial charge in [0.05, 0.1) is 17.3 Å². The predicted molar refractivity (Wildman–Crippen MR) is 63.9 cm³/mol. The normalized spacial score (nSPS) is 10.6. The summed E-state index contributed by atoms with van der Waals surface area (Å²) in [6, 6.07) is 6.11. The van der Waals surface area contributed by atoms with E-state index in [0.717, 1.165) is 0 Å². The van der Waals surface area contributed by atoms with Crippen LogP contribution in [0.5, 0.6) is 0 Å². The molecule has 0 heterocycles. The van der Waals surface area contributed by atoms with Gasteiger partial charge in [0.15, 0.2) is 5.75 Å². The lowest BCUT2D eigenvalue weighted by atomic mass is 10.2. The second kappa shape index (κ2) is 5.16. The number of aliphatic carboxylic acids is 1. The molecule has 0 aliphatic heterocycles. The Balaban J connectivity index is 2.97. The maximum atomic E-state index is 11.3. The molecule has 0 spiro atoms. The Morgan fingerprint density at radius 3 is 2.65 bits per heavy atom. The van der Waals surface area contributed by atoms with E-state index < -0.39 is 21.7 Å². The van der Waals surface area contributed by atoms with Gasteiger partial charge in [-0.2, -0.15) is 5.26 Å². The predicted octanol–water partition coefficient (Wildman–Crippen LogP) is 1.15. The molecule has 1 aromatic carbocycles. The highest BCUT2D eigenvalue weighted by molar-refractivity contribution is 9.10. The van der Waals surface area contributed by atoms with Gasteiger partial charge in [-0.25, -0.2) is 8.42 Å². The van der Waals surface area contributed by atoms with Crippen molar-refractivity contribution in [2.45, 2.75) is 0 Å². The van der Waals surface area contributed by atoms with E-state index >= 15 is 0 Å². The molecule has 1 rings (SSSR count). The SMILES string of the molecule is N#Cc1ccc(NS(=O)(=O)CC(=O)O)c(Br)c1. The molecule has 0 amide bonds. The number of sulfonamides is 1. The minimum absolute atomic E-state index is 0.185. The molecular weight excluding hydrogens is 312 g/mol. The molecule has 6 nitrogen and oxygen atoms in total. The third-order valence-electron chi connectivity index (χ3n) is 1.68. The Kier molecular flexibility index (Phi) is 4.09. The summed E-state index contributed by atoms with van der Waals surface area (Å²) in [6.45, 7) is 0. The largest absolute Gasteiger partial charge is 0.480 e. The van der Waals surface area contributed by atoms with Gasteiger partial charge in [0, 0.05) is 4.47 Å². The third kappa shape index (κ3) is 4.05. The zero-order valence-electron chi connectivity index (χ0n) is 8.34. The molecule has 0 bridgehead atoms. The summed E-state index contributed by atoms with van der Waals surface area (Å²) in [5.41, 5.74) is 0.545. The van der Waals surface area contributed by atoms with Gasteiger partial charge in [-0.3, -0.25) is 9.52 Å². The van der Waals surface area contributed by atoms with E-state index in [1.54, 1.807) is 0 Å². The first kappa shape index (κ1) is 13.5. The van der Waals surface area contributed by atoms with Gasteiger partial charge < -0.3 is 5.11 Å². The summed E-state index contributed by atoms with van der Waals surface area (Å²) in [5.74, 6) is -2.46. The molecular formula is C9H7BrN2O4S. The van der Waals surface area contributed by atoms with Crippen LogP contribution in [0.3, 0.4) is 0 Å². The summed E-state index contributed by atoms with van der Waals surface area (Å²) >= 11 is 3.08. The minimum atomic E-state index is -3.94. The van der Waals surface area contributed by atoms with Gasteiger partial charge in [-0.05, 0) is 34.1 Å². The number of hydrogen-bond donors (Lipinski definition) is 2. The van der Waals surface area contributed by atoms with Crippen LogP contribution in [0.15, 0.2) is 22.7 Å². The molecule has 0 atom stereocenters. The number of anilines is 1. The highest BCUT2D eigenvalue weighted by atomic mass is 79.9. The highest BCUT2D eigenvalue weighted by Crippen LogP contribution is 2.24. The van der Waals surface area contributed by atoms with E-state index in [4.69, 9.17) is 10.4 Å². The van der Waals surface area contributed by atoms with Crippen molar-refractivity contribution in [3.63, 3.8) is 0 Å². The number of carboxylic acids is 1. The fraction of sp³-hybridized carbons (Fsp3) is 0.111. The van der Waals surface area contributed by atoms with Crippen LogP contribution >= 0.6 is 15.9 Å². The van der Waals surface area contributed by atoms with Crippen molar-refractivity contribution >= 4 is 37.6 Å². The lowest BCUT2D eigenvalue weighted by Crippen LogP contribution is -2.22. The van der Waals surface area contributed by atoms with Crippen molar-refractivity contribution in [1.82, 2.24) is 0 Å². The van der Waals surface area contributed by atoms with E-state index in [0.29, 0.717) is 10.0 Å². The Labute approximate surface area is 106 Å². The molecule has 0 aliphatic rings. The van der Waals surface area contributed by atoms with Crippen LogP contribution in [-0.4, -0.2) is 25.2 Å². The lowest BCUT2D eigenvalue weighted by Gasteiger charge is -2.07. The monoisotopic (exact) mass is 318 g/mol. The average Bonchev–Trinajstić information content (AvgIpc) is 2.18. The van der Waals surface area contributed by atoms with Gasteiger partial charge in [-0.1, -0.05) is 0 Å². The minimum Gasteiger partial charge on any atom is -0.480 e. The van der Waals surface area contributed by atoms with E-state index in [-0.39, 0.29) is 5.69 Å². The summed E-state index contributed by atoms with van der Waals surface area (Å²) < 4.78 is 25.1. The smallest absolute Gasteiger partial charge is 0.320 e. The van der Waals surface area contributed by atoms with E-state index in [1.165, 1.54) is 18.2 Å². The van der Waals surface area contributed by atoms with Crippen LogP contribution in [0.2, 0.25) is 0 Å². The van der Waals surface area contributed by atoms with Crippen LogP contribution in [0, 0.1) is 11.3 Å². The van der Waals surface area contributed by atoms with Crippen LogP contribution < -0.4 is 4.72 Å². The molecule has 0 aromatic heterocycles. The molecule has 0 radical (unpaired) electrons. The molecule has 0 fully saturated rings. The van der Waals surface area contributed by atoms with Gasteiger partial charge in [-0.15, -0.1) is 0 Å². The highest BCUT2D eigenvalue weighted by Gasteiger charge is 2.16. The number of nitrogens with zero attached hydrogens (tertiary/aromatic N) is 1. The maximum Gasteiger partial charge on any atom is 0.320 e. The molecule has 2 N–H and O–H groups in total. The molecule has 90 valence electrons. The number of nitriles is 1. The fourth-order valence-corrected chi connectivity index (χ4v) is 2.55. The molecule has 0 saturated carbocycles. The van der Waals surface area contributed by atoms with Gasteiger partial charge in [0.2, 0.25) is 10.0 Å². The number of carbonyl (C=O) groups is 1. The van der Waals surface area contributed by atoms with Crippen LogP contribution in [0.1, 0.15) is 5.56 Å². The fourth-order valence-electron chi connectivity index (χ4n) is 1.03. The summed E-state index contributed by atoms with van der Waals surface area (Å²) in [5, 5.41) is 17.0. The van der Waals surface area contributed by atoms with Gasteiger partial charge in [0.25, 0.3) is 0 Å². The zero-order chi connectivity index (χ0) is 13.1. The summed E-state index contributed by atoms with van der Waals surface area (Å²) in [6.07, 6.45) is 0. The number of carboxylic acid groups (broad SMARTS) is 1. The average molecular weight is 319 g/mol. The Morgan fingerprint density at radius 2 is 2.18 bits per heavy atom. The van der Waals surface area contributed by atoms with Crippen molar-refractivity contribution < 1.29 is 18.3 Å².